The highest BCUT2D eigenvalue weighted by Crippen LogP contribution is 2.29. The van der Waals surface area contributed by atoms with Crippen LogP contribution in [0.1, 0.15) is 29.5 Å². The summed E-state index contributed by atoms with van der Waals surface area (Å²) in [7, 11) is 0. The molecular weight excluding hydrogens is 355 g/mol. The number of nitrogens with zero attached hydrogens (tertiary/aromatic N) is 2. The van der Waals surface area contributed by atoms with Crippen LogP contribution in [0.15, 0.2) is 59.2 Å². The van der Waals surface area contributed by atoms with Crippen molar-refractivity contribution < 1.29 is 13.9 Å². The second-order valence-corrected chi connectivity index (χ2v) is 7.20. The summed E-state index contributed by atoms with van der Waals surface area (Å²) in [5.41, 5.74) is 5.18. The molecule has 2 aromatic rings. The molecule has 0 spiro atoms. The van der Waals surface area contributed by atoms with Crippen LogP contribution in [0.25, 0.3) is 0 Å². The third-order valence-electron chi connectivity index (χ3n) is 5.07. The van der Waals surface area contributed by atoms with E-state index in [4.69, 9.17) is 4.74 Å². The van der Waals surface area contributed by atoms with Crippen molar-refractivity contribution in [1.29, 1.82) is 0 Å². The Morgan fingerprint density at radius 2 is 2.11 bits per heavy atom. The molecule has 2 heterocycles. The number of halogens is 1. The molecule has 0 unspecified atom stereocenters. The van der Waals surface area contributed by atoms with E-state index in [0.29, 0.717) is 5.56 Å². The normalized spacial score (nSPS) is 15.3. The molecule has 4 nitrogen and oxygen atoms in total. The van der Waals surface area contributed by atoms with Gasteiger partial charge < -0.3 is 9.64 Å². The quantitative estimate of drug-likeness (QED) is 0.707. The van der Waals surface area contributed by atoms with Crippen molar-refractivity contribution in [3.8, 4) is 0 Å². The minimum Gasteiger partial charge on any atom is -0.461 e. The largest absolute Gasteiger partial charge is 0.461 e. The van der Waals surface area contributed by atoms with Crippen LogP contribution < -0.4 is 4.90 Å². The molecule has 0 N–H and O–H groups in total. The van der Waals surface area contributed by atoms with Crippen LogP contribution in [0.4, 0.5) is 10.1 Å². The Morgan fingerprint density at radius 3 is 2.93 bits per heavy atom. The first-order chi connectivity index (χ1) is 13.7. The molecule has 28 heavy (non-hydrogen) atoms. The van der Waals surface area contributed by atoms with E-state index in [2.05, 4.69) is 28.1 Å². The van der Waals surface area contributed by atoms with Gasteiger partial charge in [0, 0.05) is 24.9 Å². The molecule has 0 fully saturated rings. The molecule has 2 aliphatic rings. The van der Waals surface area contributed by atoms with Gasteiger partial charge in [-0.15, -0.1) is 0 Å². The Hall–Kier alpha value is -2.95. The molecule has 144 valence electrons. The molecule has 2 aromatic carbocycles. The van der Waals surface area contributed by atoms with E-state index in [1.807, 2.05) is 12.3 Å². The van der Waals surface area contributed by atoms with Gasteiger partial charge in [0.15, 0.2) is 0 Å². The van der Waals surface area contributed by atoms with Crippen LogP contribution in [-0.2, 0) is 29.0 Å². The number of allylic oxidation sites excluding steroid dienone is 1. The van der Waals surface area contributed by atoms with E-state index >= 15 is 0 Å². The summed E-state index contributed by atoms with van der Waals surface area (Å²) in [4.78, 5) is 19.0. The first-order valence-electron chi connectivity index (χ1n) is 9.66. The van der Waals surface area contributed by atoms with Crippen LogP contribution in [0, 0.1) is 5.82 Å². The Balaban J connectivity index is 1.41. The number of hydrogen-bond acceptors (Lipinski definition) is 4. The number of esters is 1. The minimum atomic E-state index is -0.329. The second-order valence-electron chi connectivity index (χ2n) is 7.20. The van der Waals surface area contributed by atoms with Crippen molar-refractivity contribution in [2.45, 2.75) is 32.3 Å². The highest BCUT2D eigenvalue weighted by Gasteiger charge is 2.19. The lowest BCUT2D eigenvalue weighted by atomic mass is 9.98. The van der Waals surface area contributed by atoms with Gasteiger partial charge in [-0.25, -0.2) is 4.39 Å². The fraction of sp³-hybridized carbons (Fsp3) is 0.304. The van der Waals surface area contributed by atoms with E-state index in [-0.39, 0.29) is 24.8 Å². The summed E-state index contributed by atoms with van der Waals surface area (Å²) < 4.78 is 18.5. The van der Waals surface area contributed by atoms with Gasteiger partial charge in [0.1, 0.15) is 12.4 Å². The fourth-order valence-corrected chi connectivity index (χ4v) is 3.69. The minimum absolute atomic E-state index is 0.0832. The van der Waals surface area contributed by atoms with Crippen molar-refractivity contribution in [3.05, 3.63) is 76.7 Å². The standard InChI is InChI=1S/C23H23FN2O2/c24-20-6-1-4-18(12-20)16-28-23(27)14-17-8-9-19-5-3-11-26(22(19)13-17)15-21-7-2-10-25-21/h1,4,6-10,12-13H,2-3,5,11,14-16H2. The molecule has 0 atom stereocenters. The second kappa shape index (κ2) is 8.38. The smallest absolute Gasteiger partial charge is 0.310 e. The maximum atomic E-state index is 13.2. The van der Waals surface area contributed by atoms with E-state index in [1.165, 1.54) is 23.4 Å². The number of carbonyl (C=O) groups excluding carboxylic acids is 1. The summed E-state index contributed by atoms with van der Waals surface area (Å²) in [6, 6.07) is 12.3. The van der Waals surface area contributed by atoms with Crippen molar-refractivity contribution in [2.24, 2.45) is 4.99 Å². The number of hydrogen-bond donors (Lipinski definition) is 0. The summed E-state index contributed by atoms with van der Waals surface area (Å²) in [5, 5.41) is 0. The molecule has 0 saturated carbocycles. The fourth-order valence-electron chi connectivity index (χ4n) is 3.69. The van der Waals surface area contributed by atoms with Gasteiger partial charge in [-0.2, -0.15) is 0 Å². The van der Waals surface area contributed by atoms with E-state index in [1.54, 1.807) is 12.1 Å². The summed E-state index contributed by atoms with van der Waals surface area (Å²) in [5.74, 6) is -0.639. The van der Waals surface area contributed by atoms with Crippen molar-refractivity contribution in [1.82, 2.24) is 0 Å². The Bertz CT molecular complexity index is 936. The van der Waals surface area contributed by atoms with Crippen LogP contribution in [0.3, 0.4) is 0 Å². The van der Waals surface area contributed by atoms with E-state index in [9.17, 15) is 9.18 Å². The van der Waals surface area contributed by atoms with Crippen LogP contribution >= 0.6 is 0 Å². The zero-order valence-electron chi connectivity index (χ0n) is 15.7. The van der Waals surface area contributed by atoms with E-state index in [0.717, 1.165) is 43.6 Å². The topological polar surface area (TPSA) is 41.9 Å². The average molecular weight is 378 g/mol. The summed E-state index contributed by atoms with van der Waals surface area (Å²) in [6.07, 6.45) is 7.38. The molecule has 0 saturated heterocycles. The lowest BCUT2D eigenvalue weighted by Crippen LogP contribution is -2.31. The maximum Gasteiger partial charge on any atom is 0.310 e. The number of aliphatic imine (C=N–C) groups is 1. The zero-order valence-corrected chi connectivity index (χ0v) is 15.7. The van der Waals surface area contributed by atoms with Gasteiger partial charge in [0.05, 0.1) is 18.7 Å². The molecular formula is C23H23FN2O2. The summed E-state index contributed by atoms with van der Waals surface area (Å²) in [6.45, 7) is 1.88. The number of rotatable bonds is 6. The van der Waals surface area contributed by atoms with Crippen molar-refractivity contribution >= 4 is 17.9 Å². The number of ether oxygens (including phenoxy) is 1. The van der Waals surface area contributed by atoms with Gasteiger partial charge >= 0.3 is 5.97 Å². The first kappa shape index (κ1) is 18.4. The van der Waals surface area contributed by atoms with Gasteiger partial charge in [-0.05, 0) is 47.7 Å². The number of aryl methyl sites for hydroxylation is 1. The summed E-state index contributed by atoms with van der Waals surface area (Å²) >= 11 is 0. The highest BCUT2D eigenvalue weighted by atomic mass is 19.1. The Labute approximate surface area is 164 Å². The van der Waals surface area contributed by atoms with Crippen LogP contribution in [-0.4, -0.2) is 25.3 Å². The van der Waals surface area contributed by atoms with Gasteiger partial charge in [0.2, 0.25) is 0 Å². The average Bonchev–Trinajstić information content (AvgIpc) is 3.20. The maximum absolute atomic E-state index is 13.2. The molecule has 0 aliphatic carbocycles. The molecule has 0 bridgehead atoms. The lowest BCUT2D eigenvalue weighted by Gasteiger charge is -2.31. The predicted molar refractivity (Wildman–Crippen MR) is 108 cm³/mol. The first-order valence-corrected chi connectivity index (χ1v) is 9.66. The van der Waals surface area contributed by atoms with Crippen LogP contribution in [0.5, 0.6) is 0 Å². The highest BCUT2D eigenvalue weighted by molar-refractivity contribution is 5.74. The molecule has 5 heteroatoms. The molecule has 0 amide bonds. The predicted octanol–water partition coefficient (Wildman–Crippen LogP) is 4.22. The molecule has 0 radical (unpaired) electrons. The Kier molecular flexibility index (Phi) is 5.51. The zero-order chi connectivity index (χ0) is 19.3. The molecule has 0 aromatic heterocycles. The van der Waals surface area contributed by atoms with Gasteiger partial charge in [0.25, 0.3) is 0 Å². The lowest BCUT2D eigenvalue weighted by molar-refractivity contribution is -0.144. The third kappa shape index (κ3) is 4.47. The van der Waals surface area contributed by atoms with Crippen LogP contribution in [0.2, 0.25) is 0 Å². The monoisotopic (exact) mass is 378 g/mol. The van der Waals surface area contributed by atoms with E-state index < -0.39 is 0 Å². The van der Waals surface area contributed by atoms with Gasteiger partial charge in [-0.3, -0.25) is 9.79 Å². The van der Waals surface area contributed by atoms with Crippen molar-refractivity contribution in [3.63, 3.8) is 0 Å². The number of fused-ring (bicyclic) bond motifs is 1. The van der Waals surface area contributed by atoms with Gasteiger partial charge in [-0.1, -0.05) is 30.3 Å². The third-order valence-corrected chi connectivity index (χ3v) is 5.07. The molecule has 2 aliphatic heterocycles. The number of anilines is 1. The number of carbonyl (C=O) groups is 1. The SMILES string of the molecule is O=C(Cc1ccc2c(c1)N(CC1=CCC=N1)CCC2)OCc1cccc(F)c1. The molecule has 4 rings (SSSR count). The van der Waals surface area contributed by atoms with Crippen molar-refractivity contribution in [2.75, 3.05) is 18.0 Å². The Morgan fingerprint density at radius 1 is 1.18 bits per heavy atom. The number of benzene rings is 2.